The Morgan fingerprint density at radius 3 is 2.53 bits per heavy atom. The molecular weight excluding hydrogens is 398 g/mol. The summed E-state index contributed by atoms with van der Waals surface area (Å²) < 4.78 is 3.52. The first-order valence-electron chi connectivity index (χ1n) is 10.5. The number of amides is 3. The highest BCUT2D eigenvalue weighted by Gasteiger charge is 2.57. The normalized spacial score (nSPS) is 22.8. The maximum absolute atomic E-state index is 13.3. The van der Waals surface area contributed by atoms with E-state index in [1.54, 1.807) is 11.0 Å². The zero-order valence-electron chi connectivity index (χ0n) is 18.0. The van der Waals surface area contributed by atoms with Crippen molar-refractivity contribution in [2.24, 2.45) is 11.7 Å². The number of carbonyl (C=O) groups excluding carboxylic acids is 3. The number of hydrogen-bond acceptors (Lipinski definition) is 4. The number of benzene rings is 1. The van der Waals surface area contributed by atoms with Crippen LogP contribution >= 0.6 is 0 Å². The number of nitrogens with two attached hydrogens (primary N) is 1. The molecule has 2 aliphatic rings. The van der Waals surface area contributed by atoms with Crippen LogP contribution in [0.25, 0.3) is 10.9 Å². The second-order valence-electron chi connectivity index (χ2n) is 9.26. The van der Waals surface area contributed by atoms with Gasteiger partial charge in [0.05, 0.1) is 5.52 Å². The number of aromatic nitrogens is 2. The van der Waals surface area contributed by atoms with Crippen molar-refractivity contribution in [1.29, 1.82) is 0 Å². The number of para-hydroxylation sites is 1. The number of carbonyl (C=O) groups is 3. The summed E-state index contributed by atoms with van der Waals surface area (Å²) >= 11 is 0. The molecule has 1 aromatic carbocycles. The molecule has 3 atom stereocenters. The average Bonchev–Trinajstić information content (AvgIpc) is 3.17. The molecule has 8 nitrogen and oxygen atoms in total. The van der Waals surface area contributed by atoms with Crippen LogP contribution in [-0.4, -0.2) is 63.8 Å². The van der Waals surface area contributed by atoms with Crippen molar-refractivity contribution in [3.05, 3.63) is 30.0 Å². The molecule has 1 aliphatic heterocycles. The summed E-state index contributed by atoms with van der Waals surface area (Å²) in [7, 11) is -1.83. The van der Waals surface area contributed by atoms with Gasteiger partial charge in [-0.15, -0.1) is 0 Å². The highest BCUT2D eigenvalue weighted by Crippen LogP contribution is 2.48. The summed E-state index contributed by atoms with van der Waals surface area (Å²) in [4.78, 5) is 40.3. The van der Waals surface area contributed by atoms with Gasteiger partial charge in [0.1, 0.15) is 12.6 Å². The van der Waals surface area contributed by atoms with Crippen molar-refractivity contribution in [2.75, 3.05) is 6.54 Å². The van der Waals surface area contributed by atoms with Gasteiger partial charge in [-0.2, -0.15) is 5.10 Å². The number of likely N-dealkylation sites (N-methyl/N-ethyl adjacent to an activating group) is 1. The third-order valence-corrected chi connectivity index (χ3v) is 8.40. The van der Waals surface area contributed by atoms with Gasteiger partial charge in [0, 0.05) is 18.0 Å². The third kappa shape index (κ3) is 3.40. The van der Waals surface area contributed by atoms with Crippen molar-refractivity contribution in [3.8, 4) is 0 Å². The highest BCUT2D eigenvalue weighted by molar-refractivity contribution is 6.75. The number of hydrogen-bond donors (Lipinski definition) is 1. The van der Waals surface area contributed by atoms with Gasteiger partial charge in [-0.25, -0.2) is 0 Å². The first-order valence-corrected chi connectivity index (χ1v) is 14.0. The molecule has 9 heteroatoms. The number of primary amides is 1. The van der Waals surface area contributed by atoms with E-state index in [-0.39, 0.29) is 30.1 Å². The lowest BCUT2D eigenvalue weighted by Gasteiger charge is -2.38. The van der Waals surface area contributed by atoms with Crippen LogP contribution in [0.3, 0.4) is 0 Å². The Bertz CT molecular complexity index is 1030. The molecule has 160 valence electrons. The largest absolute Gasteiger partial charge is 0.368 e. The molecule has 4 rings (SSSR count). The zero-order chi connectivity index (χ0) is 21.8. The summed E-state index contributed by atoms with van der Waals surface area (Å²) in [6.45, 7) is 9.10. The molecule has 0 bridgehead atoms. The molecule has 0 radical (unpaired) electrons. The van der Waals surface area contributed by atoms with Gasteiger partial charge in [-0.05, 0) is 31.7 Å². The molecule has 2 fully saturated rings. The van der Waals surface area contributed by atoms with Gasteiger partial charge in [-0.3, -0.25) is 19.1 Å². The molecule has 2 N–H and O–H groups in total. The molecule has 1 aromatic heterocycles. The Morgan fingerprint density at radius 1 is 1.20 bits per heavy atom. The van der Waals surface area contributed by atoms with Crippen LogP contribution in [0.15, 0.2) is 24.3 Å². The Morgan fingerprint density at radius 2 is 1.90 bits per heavy atom. The predicted octanol–water partition coefficient (Wildman–Crippen LogP) is 1.81. The lowest BCUT2D eigenvalue weighted by atomic mass is 10.1. The third-order valence-electron chi connectivity index (χ3n) is 6.25. The lowest BCUT2D eigenvalue weighted by molar-refractivity contribution is -0.143. The molecule has 30 heavy (non-hydrogen) atoms. The van der Waals surface area contributed by atoms with E-state index in [4.69, 9.17) is 5.73 Å². The van der Waals surface area contributed by atoms with Gasteiger partial charge in [0.15, 0.2) is 13.9 Å². The fourth-order valence-corrected chi connectivity index (χ4v) is 6.57. The van der Waals surface area contributed by atoms with Crippen molar-refractivity contribution in [1.82, 2.24) is 19.2 Å². The Kier molecular flexibility index (Phi) is 4.96. The minimum absolute atomic E-state index is 0.0140. The minimum atomic E-state index is -1.83. The maximum Gasteiger partial charge on any atom is 0.269 e. The second kappa shape index (κ2) is 7.23. The predicted molar refractivity (Wildman–Crippen MR) is 116 cm³/mol. The molecule has 0 spiro atoms. The fraction of sp³-hybridized carbons (Fsp3) is 0.524. The van der Waals surface area contributed by atoms with Crippen LogP contribution in [0.5, 0.6) is 0 Å². The summed E-state index contributed by atoms with van der Waals surface area (Å²) in [5, 5.41) is 4.94. The quantitative estimate of drug-likeness (QED) is 0.710. The zero-order valence-corrected chi connectivity index (χ0v) is 19.0. The van der Waals surface area contributed by atoms with E-state index < -0.39 is 20.2 Å². The monoisotopic (exact) mass is 427 g/mol. The van der Waals surface area contributed by atoms with Gasteiger partial charge >= 0.3 is 0 Å². The lowest BCUT2D eigenvalue weighted by Crippen LogP contribution is -2.57. The second-order valence-corrected chi connectivity index (χ2v) is 14.1. The van der Waals surface area contributed by atoms with E-state index in [1.807, 2.05) is 29.7 Å². The number of rotatable bonds is 6. The first kappa shape index (κ1) is 20.6. The average molecular weight is 428 g/mol. The summed E-state index contributed by atoms with van der Waals surface area (Å²) in [6, 6.07) is 6.98. The minimum Gasteiger partial charge on any atom is -0.368 e. The topological polar surface area (TPSA) is 102 Å². The first-order chi connectivity index (χ1) is 14.1. The van der Waals surface area contributed by atoms with Crippen molar-refractivity contribution in [3.63, 3.8) is 0 Å². The standard InChI is InChI=1S/C21H29N5O3Si/c1-5-25(30(2,3)4)21(29)17-11-13-10-16(13)26(17)18(27)12-24-15-9-7-6-8-14(15)19(23-24)20(22)28/h6-9,13,16-17H,5,10-12H2,1-4H3,(H2,22,28)/t13-,16-,17+/m1/s1. The molecule has 2 aromatic rings. The maximum atomic E-state index is 13.3. The van der Waals surface area contributed by atoms with Gasteiger partial charge in [0.2, 0.25) is 11.8 Å². The smallest absolute Gasteiger partial charge is 0.269 e. The van der Waals surface area contributed by atoms with E-state index in [1.165, 1.54) is 4.68 Å². The van der Waals surface area contributed by atoms with E-state index in [0.717, 1.165) is 12.8 Å². The van der Waals surface area contributed by atoms with E-state index >= 15 is 0 Å². The molecule has 3 amide bonds. The van der Waals surface area contributed by atoms with Gasteiger partial charge < -0.3 is 15.2 Å². The highest BCUT2D eigenvalue weighted by atomic mass is 28.3. The van der Waals surface area contributed by atoms with Crippen molar-refractivity contribution >= 4 is 36.9 Å². The van der Waals surface area contributed by atoms with Gasteiger partial charge in [0.25, 0.3) is 5.91 Å². The summed E-state index contributed by atoms with van der Waals surface area (Å²) in [5.74, 6) is -0.268. The van der Waals surface area contributed by atoms with E-state index in [0.29, 0.717) is 23.4 Å². The molecule has 0 unspecified atom stereocenters. The Labute approximate surface area is 177 Å². The molecule has 1 saturated carbocycles. The van der Waals surface area contributed by atoms with Gasteiger partial charge in [-0.1, -0.05) is 37.8 Å². The van der Waals surface area contributed by atoms with Crippen LogP contribution in [0, 0.1) is 5.92 Å². The SMILES string of the molecule is CCN(C(=O)[C@@H]1C[C@H]2C[C@H]2N1C(=O)Cn1nc(C(N)=O)c2ccccc21)[Si](C)(C)C. The van der Waals surface area contributed by atoms with Crippen molar-refractivity contribution in [2.45, 2.75) is 58.0 Å². The molecule has 1 saturated heterocycles. The molecular formula is C21H29N5O3Si. The van der Waals surface area contributed by atoms with E-state index in [9.17, 15) is 14.4 Å². The van der Waals surface area contributed by atoms with E-state index in [2.05, 4.69) is 24.7 Å². The number of piperidine rings is 1. The van der Waals surface area contributed by atoms with Crippen molar-refractivity contribution < 1.29 is 14.4 Å². The Hall–Kier alpha value is -2.68. The fourth-order valence-electron chi connectivity index (χ4n) is 4.82. The van der Waals surface area contributed by atoms with Crippen LogP contribution in [0.1, 0.15) is 30.3 Å². The Balaban J connectivity index is 1.61. The molecule has 2 heterocycles. The van der Waals surface area contributed by atoms with Crippen LogP contribution in [0.4, 0.5) is 0 Å². The number of fused-ring (bicyclic) bond motifs is 2. The summed E-state index contributed by atoms with van der Waals surface area (Å²) in [5.41, 5.74) is 6.32. The van der Waals surface area contributed by atoms with Crippen LogP contribution in [-0.2, 0) is 16.1 Å². The molecule has 1 aliphatic carbocycles. The van der Waals surface area contributed by atoms with Crippen LogP contribution < -0.4 is 5.73 Å². The number of likely N-dealkylation sites (tertiary alicyclic amines) is 1. The number of nitrogens with zero attached hydrogens (tertiary/aromatic N) is 4. The van der Waals surface area contributed by atoms with Crippen LogP contribution in [0.2, 0.25) is 19.6 Å². The summed E-state index contributed by atoms with van der Waals surface area (Å²) in [6.07, 6.45) is 1.70.